The molecule has 0 saturated carbocycles. The van der Waals surface area contributed by atoms with Crippen LogP contribution in [0.15, 0.2) is 54.6 Å². The molecule has 0 aliphatic heterocycles. The van der Waals surface area contributed by atoms with Gasteiger partial charge in [0, 0.05) is 0 Å². The Morgan fingerprint density at radius 2 is 2.00 bits per heavy atom. The molecule has 0 bridgehead atoms. The minimum Gasteiger partial charge on any atom is -0.0958 e. The molecule has 1 rings (SSSR count). The molecule has 0 nitrogen and oxygen atoms in total. The third kappa shape index (κ3) is 5.55. The van der Waals surface area contributed by atoms with Crippen LogP contribution in [0.4, 0.5) is 0 Å². The Kier molecular flexibility index (Phi) is 6.32. The summed E-state index contributed by atoms with van der Waals surface area (Å²) in [5.41, 5.74) is 2.67. The fourth-order valence-corrected chi connectivity index (χ4v) is 1.63. The number of allylic oxidation sites excluding steroid dienone is 3. The van der Waals surface area contributed by atoms with E-state index in [0.717, 1.165) is 19.3 Å². The Bertz CT molecular complexity index is 319. The van der Waals surface area contributed by atoms with Crippen LogP contribution in [0.25, 0.3) is 0 Å². The molecule has 0 spiro atoms. The Labute approximate surface area is 99.7 Å². The van der Waals surface area contributed by atoms with Gasteiger partial charge in [-0.05, 0) is 31.2 Å². The van der Waals surface area contributed by atoms with E-state index in [9.17, 15) is 0 Å². The van der Waals surface area contributed by atoms with Gasteiger partial charge in [0.05, 0.1) is 0 Å². The summed E-state index contributed by atoms with van der Waals surface area (Å²) in [5, 5.41) is 0. The summed E-state index contributed by atoms with van der Waals surface area (Å²) in [5.74, 6) is 0. The van der Waals surface area contributed by atoms with Crippen LogP contribution in [-0.4, -0.2) is 0 Å². The number of aryl methyl sites for hydroxylation is 1. The van der Waals surface area contributed by atoms with Crippen LogP contribution in [-0.2, 0) is 6.42 Å². The van der Waals surface area contributed by atoms with E-state index in [1.165, 1.54) is 24.0 Å². The Hall–Kier alpha value is -1.30. The molecule has 0 unspecified atom stereocenters. The van der Waals surface area contributed by atoms with Gasteiger partial charge in [0.1, 0.15) is 0 Å². The second-order valence-corrected chi connectivity index (χ2v) is 4.19. The highest BCUT2D eigenvalue weighted by Gasteiger charge is 1.90. The summed E-state index contributed by atoms with van der Waals surface area (Å²) in [6.45, 7) is 6.26. The predicted molar refractivity (Wildman–Crippen MR) is 72.6 cm³/mol. The molecule has 1 aromatic carbocycles. The van der Waals surface area contributed by atoms with Crippen molar-refractivity contribution in [2.75, 3.05) is 0 Å². The Morgan fingerprint density at radius 3 is 2.69 bits per heavy atom. The van der Waals surface area contributed by atoms with Crippen molar-refractivity contribution >= 4 is 0 Å². The molecule has 0 aromatic heterocycles. The monoisotopic (exact) mass is 214 g/mol. The predicted octanol–water partition coefficient (Wildman–Crippen LogP) is 4.92. The zero-order valence-corrected chi connectivity index (χ0v) is 10.3. The van der Waals surface area contributed by atoms with Crippen molar-refractivity contribution < 1.29 is 0 Å². The first kappa shape index (κ1) is 12.8. The van der Waals surface area contributed by atoms with Gasteiger partial charge in [-0.3, -0.25) is 0 Å². The molecule has 0 heterocycles. The lowest BCUT2D eigenvalue weighted by Gasteiger charge is -1.98. The van der Waals surface area contributed by atoms with Gasteiger partial charge in [0.25, 0.3) is 0 Å². The maximum atomic E-state index is 4.05. The van der Waals surface area contributed by atoms with Crippen LogP contribution in [0.3, 0.4) is 0 Å². The normalized spacial score (nSPS) is 10.8. The van der Waals surface area contributed by atoms with E-state index in [4.69, 9.17) is 0 Å². The summed E-state index contributed by atoms with van der Waals surface area (Å²) < 4.78 is 0. The van der Waals surface area contributed by atoms with Crippen molar-refractivity contribution in [3.63, 3.8) is 0 Å². The van der Waals surface area contributed by atoms with E-state index < -0.39 is 0 Å². The van der Waals surface area contributed by atoms with Crippen molar-refractivity contribution in [1.82, 2.24) is 0 Å². The maximum absolute atomic E-state index is 4.05. The molecule has 0 atom stereocenters. The van der Waals surface area contributed by atoms with Crippen LogP contribution >= 0.6 is 0 Å². The van der Waals surface area contributed by atoms with Crippen LogP contribution in [0.2, 0.25) is 0 Å². The first-order valence-electron chi connectivity index (χ1n) is 6.21. The third-order valence-corrected chi connectivity index (χ3v) is 2.65. The third-order valence-electron chi connectivity index (χ3n) is 2.65. The van der Waals surface area contributed by atoms with Gasteiger partial charge in [0.15, 0.2) is 0 Å². The molecular formula is C16H22. The van der Waals surface area contributed by atoms with E-state index in [1.54, 1.807) is 0 Å². The molecule has 0 heteroatoms. The van der Waals surface area contributed by atoms with Crippen molar-refractivity contribution in [1.29, 1.82) is 0 Å². The van der Waals surface area contributed by atoms with E-state index in [-0.39, 0.29) is 0 Å². The van der Waals surface area contributed by atoms with Gasteiger partial charge in [-0.15, -0.1) is 0 Å². The minimum absolute atomic E-state index is 1.11. The first-order valence-corrected chi connectivity index (χ1v) is 6.21. The largest absolute Gasteiger partial charge is 0.0958 e. The second kappa shape index (κ2) is 7.92. The zero-order valence-electron chi connectivity index (χ0n) is 10.3. The van der Waals surface area contributed by atoms with Crippen LogP contribution in [0.5, 0.6) is 0 Å². The van der Waals surface area contributed by atoms with Crippen molar-refractivity contribution in [2.45, 2.75) is 39.0 Å². The number of hydrogen-bond acceptors (Lipinski definition) is 0. The molecule has 16 heavy (non-hydrogen) atoms. The molecule has 0 aliphatic rings. The average Bonchev–Trinajstić information content (AvgIpc) is 2.33. The molecule has 0 radical (unpaired) electrons. The summed E-state index contributed by atoms with van der Waals surface area (Å²) in [6, 6.07) is 10.6. The van der Waals surface area contributed by atoms with Gasteiger partial charge in [-0.2, -0.15) is 0 Å². The van der Waals surface area contributed by atoms with Crippen molar-refractivity contribution in [3.8, 4) is 0 Å². The topological polar surface area (TPSA) is 0 Å². The molecule has 0 aliphatic carbocycles. The smallest absolute Gasteiger partial charge is 0.0244 e. The zero-order chi connectivity index (χ0) is 11.6. The van der Waals surface area contributed by atoms with Gasteiger partial charge in [0.2, 0.25) is 0 Å². The van der Waals surface area contributed by atoms with Crippen LogP contribution in [0.1, 0.15) is 38.2 Å². The molecule has 0 saturated heterocycles. The lowest BCUT2D eigenvalue weighted by molar-refractivity contribution is 0.799. The Balaban J connectivity index is 2.20. The van der Waals surface area contributed by atoms with Gasteiger partial charge in [-0.1, -0.05) is 68.0 Å². The van der Waals surface area contributed by atoms with Gasteiger partial charge < -0.3 is 0 Å². The molecule has 0 N–H and O–H groups in total. The van der Waals surface area contributed by atoms with Crippen molar-refractivity contribution in [3.05, 3.63) is 60.2 Å². The highest BCUT2D eigenvalue weighted by atomic mass is 14.0. The second-order valence-electron chi connectivity index (χ2n) is 4.19. The molecule has 0 fully saturated rings. The number of hydrogen-bond donors (Lipinski definition) is 0. The van der Waals surface area contributed by atoms with E-state index in [0.29, 0.717) is 0 Å². The lowest BCUT2D eigenvalue weighted by Crippen LogP contribution is -1.82. The van der Waals surface area contributed by atoms with E-state index in [1.807, 2.05) is 0 Å². The number of rotatable bonds is 7. The highest BCUT2D eigenvalue weighted by Crippen LogP contribution is 2.08. The van der Waals surface area contributed by atoms with Crippen LogP contribution < -0.4 is 0 Å². The molecule has 1 aromatic rings. The van der Waals surface area contributed by atoms with Gasteiger partial charge in [-0.25, -0.2) is 0 Å². The van der Waals surface area contributed by atoms with Crippen molar-refractivity contribution in [2.24, 2.45) is 0 Å². The average molecular weight is 214 g/mol. The van der Waals surface area contributed by atoms with Crippen LogP contribution in [0, 0.1) is 0 Å². The maximum Gasteiger partial charge on any atom is -0.0244 e. The molecule has 0 amide bonds. The quantitative estimate of drug-likeness (QED) is 0.565. The Morgan fingerprint density at radius 1 is 1.25 bits per heavy atom. The van der Waals surface area contributed by atoms with E-state index >= 15 is 0 Å². The minimum atomic E-state index is 1.11. The summed E-state index contributed by atoms with van der Waals surface area (Å²) in [7, 11) is 0. The summed E-state index contributed by atoms with van der Waals surface area (Å²) in [6.07, 6.45) is 10.3. The SMILES string of the molecule is C=C(/C=C/CCc1ccccc1)CCCC. The van der Waals surface area contributed by atoms with E-state index in [2.05, 4.69) is 56.0 Å². The molecular weight excluding hydrogens is 192 g/mol. The molecule has 86 valence electrons. The fraction of sp³-hybridized carbons (Fsp3) is 0.375. The van der Waals surface area contributed by atoms with Gasteiger partial charge >= 0.3 is 0 Å². The number of unbranched alkanes of at least 4 members (excludes halogenated alkanes) is 1. The number of benzene rings is 1. The lowest BCUT2D eigenvalue weighted by atomic mass is 10.1. The standard InChI is InChI=1S/C16H22/c1-3-4-10-15(2)11-8-9-14-16-12-6-5-7-13-16/h5-8,11-13H,2-4,9-10,14H2,1H3/b11-8+. The highest BCUT2D eigenvalue weighted by molar-refractivity contribution is 5.17. The fourth-order valence-electron chi connectivity index (χ4n) is 1.63. The summed E-state index contributed by atoms with van der Waals surface area (Å²) >= 11 is 0. The first-order chi connectivity index (χ1) is 7.83. The summed E-state index contributed by atoms with van der Waals surface area (Å²) in [4.78, 5) is 0.